The van der Waals surface area contributed by atoms with Gasteiger partial charge in [-0.25, -0.2) is 14.6 Å². The van der Waals surface area contributed by atoms with Gasteiger partial charge in [0.25, 0.3) is 11.8 Å². The molecule has 0 bridgehead atoms. The zero-order chi connectivity index (χ0) is 25.1. The molecule has 0 aliphatic carbocycles. The van der Waals surface area contributed by atoms with Gasteiger partial charge in [-0.05, 0) is 68.5 Å². The van der Waals surface area contributed by atoms with Crippen LogP contribution in [0.15, 0.2) is 70.7 Å². The summed E-state index contributed by atoms with van der Waals surface area (Å²) in [6.45, 7) is 3.56. The van der Waals surface area contributed by atoms with Crippen LogP contribution in [0.2, 0.25) is 0 Å². The maximum Gasteiger partial charge on any atom is 0.338 e. The first-order valence-electron chi connectivity index (χ1n) is 10.7. The van der Waals surface area contributed by atoms with Gasteiger partial charge < -0.3 is 13.9 Å². The highest BCUT2D eigenvalue weighted by atomic mass is 16.5. The monoisotopic (exact) mass is 474 g/mol. The molecule has 4 rings (SSSR count). The van der Waals surface area contributed by atoms with Crippen molar-refractivity contribution in [1.29, 1.82) is 0 Å². The summed E-state index contributed by atoms with van der Waals surface area (Å²) in [5.41, 5.74) is 4.23. The van der Waals surface area contributed by atoms with Gasteiger partial charge in [0.1, 0.15) is 17.1 Å². The average molecular weight is 474 g/mol. The third-order valence-corrected chi connectivity index (χ3v) is 5.10. The molecule has 0 saturated carbocycles. The summed E-state index contributed by atoms with van der Waals surface area (Å²) < 4.78 is 15.6. The molecule has 1 saturated heterocycles. The summed E-state index contributed by atoms with van der Waals surface area (Å²) in [6, 6.07) is 16.1. The van der Waals surface area contributed by atoms with E-state index in [1.165, 1.54) is 37.5 Å². The van der Waals surface area contributed by atoms with Crippen LogP contribution in [0, 0.1) is 0 Å². The first kappa shape index (κ1) is 23.5. The van der Waals surface area contributed by atoms with Gasteiger partial charge in [-0.1, -0.05) is 12.1 Å². The summed E-state index contributed by atoms with van der Waals surface area (Å²) in [5, 5.41) is 1.09. The second kappa shape index (κ2) is 9.68. The standard InChI is InChI=1S/C26H22N2O7/c1-15(2)34-26(32)18-6-4-16(5-7-18)22-13-12-20(35-22)14-21-23(29)27-28(24(21)30)19-10-8-17(9-11-19)25(31)33-3/h4-15H,1-3H3,(H,27,29)/b21-14-. The molecule has 2 amide bonds. The molecular weight excluding hydrogens is 452 g/mol. The summed E-state index contributed by atoms with van der Waals surface area (Å²) in [6.07, 6.45) is 1.15. The highest BCUT2D eigenvalue weighted by Gasteiger charge is 2.34. The van der Waals surface area contributed by atoms with Crippen LogP contribution in [0.25, 0.3) is 17.4 Å². The number of nitrogens with zero attached hydrogens (tertiary/aromatic N) is 1. The van der Waals surface area contributed by atoms with Crippen LogP contribution < -0.4 is 10.4 Å². The fraction of sp³-hybridized carbons (Fsp3) is 0.154. The van der Waals surface area contributed by atoms with Crippen LogP contribution in [0.4, 0.5) is 5.69 Å². The minimum Gasteiger partial charge on any atom is -0.465 e. The summed E-state index contributed by atoms with van der Waals surface area (Å²) in [5.74, 6) is -1.25. The van der Waals surface area contributed by atoms with Crippen molar-refractivity contribution >= 4 is 35.5 Å². The van der Waals surface area contributed by atoms with Crippen LogP contribution in [-0.4, -0.2) is 37.0 Å². The van der Waals surface area contributed by atoms with Crippen molar-refractivity contribution in [3.63, 3.8) is 0 Å². The largest absolute Gasteiger partial charge is 0.465 e. The topological polar surface area (TPSA) is 115 Å². The number of methoxy groups -OCH3 is 1. The van der Waals surface area contributed by atoms with E-state index in [0.29, 0.717) is 33.9 Å². The summed E-state index contributed by atoms with van der Waals surface area (Å²) in [4.78, 5) is 48.9. The van der Waals surface area contributed by atoms with Crippen LogP contribution in [0.1, 0.15) is 40.3 Å². The van der Waals surface area contributed by atoms with Gasteiger partial charge in [0.05, 0.1) is 30.0 Å². The molecular formula is C26H22N2O7. The SMILES string of the molecule is COC(=O)c1ccc(N2NC(=O)/C(=C/c3ccc(-c4ccc(C(=O)OC(C)C)cc4)o3)C2=O)cc1. The van der Waals surface area contributed by atoms with Crippen molar-refractivity contribution in [2.75, 3.05) is 12.1 Å². The Hall–Kier alpha value is -4.66. The normalized spacial score (nSPS) is 14.4. The number of anilines is 1. The molecule has 0 spiro atoms. The molecule has 0 unspecified atom stereocenters. The van der Waals surface area contributed by atoms with E-state index in [1.54, 1.807) is 50.2 Å². The Balaban J connectivity index is 1.50. The smallest absolute Gasteiger partial charge is 0.338 e. The minimum absolute atomic E-state index is 0.102. The molecule has 1 aromatic heterocycles. The first-order chi connectivity index (χ1) is 16.8. The number of nitrogens with one attached hydrogen (secondary N) is 1. The van der Waals surface area contributed by atoms with Crippen molar-refractivity contribution in [1.82, 2.24) is 5.43 Å². The van der Waals surface area contributed by atoms with Gasteiger partial charge >= 0.3 is 11.9 Å². The predicted octanol–water partition coefficient (Wildman–Crippen LogP) is 3.76. The average Bonchev–Trinajstić information content (AvgIpc) is 3.43. The number of esters is 2. The lowest BCUT2D eigenvalue weighted by Crippen LogP contribution is -2.35. The fourth-order valence-electron chi connectivity index (χ4n) is 3.38. The van der Waals surface area contributed by atoms with Gasteiger partial charge in [0.2, 0.25) is 0 Å². The first-order valence-corrected chi connectivity index (χ1v) is 10.7. The Bertz CT molecular complexity index is 1320. The summed E-state index contributed by atoms with van der Waals surface area (Å²) >= 11 is 0. The molecule has 0 atom stereocenters. The molecule has 178 valence electrons. The molecule has 9 nitrogen and oxygen atoms in total. The quantitative estimate of drug-likeness (QED) is 0.329. The number of carbonyl (C=O) groups excluding carboxylic acids is 4. The van der Waals surface area contributed by atoms with Gasteiger partial charge in [-0.2, -0.15) is 0 Å². The molecule has 9 heteroatoms. The van der Waals surface area contributed by atoms with Gasteiger partial charge in [-0.15, -0.1) is 0 Å². The molecule has 1 fully saturated rings. The van der Waals surface area contributed by atoms with E-state index in [-0.39, 0.29) is 11.7 Å². The van der Waals surface area contributed by atoms with E-state index in [4.69, 9.17) is 9.15 Å². The Morgan fingerprint density at radius 2 is 1.54 bits per heavy atom. The van der Waals surface area contributed by atoms with Crippen molar-refractivity contribution in [3.8, 4) is 11.3 Å². The molecule has 3 aromatic rings. The maximum atomic E-state index is 12.8. The van der Waals surface area contributed by atoms with E-state index >= 15 is 0 Å². The van der Waals surface area contributed by atoms with Gasteiger partial charge in [0.15, 0.2) is 0 Å². The number of hydrogen-bond acceptors (Lipinski definition) is 7. The number of furan rings is 1. The number of amides is 2. The highest BCUT2D eigenvalue weighted by Crippen LogP contribution is 2.26. The lowest BCUT2D eigenvalue weighted by Gasteiger charge is -2.14. The highest BCUT2D eigenvalue weighted by molar-refractivity contribution is 6.31. The van der Waals surface area contributed by atoms with E-state index in [2.05, 4.69) is 10.2 Å². The fourth-order valence-corrected chi connectivity index (χ4v) is 3.38. The summed E-state index contributed by atoms with van der Waals surface area (Å²) in [7, 11) is 1.27. The minimum atomic E-state index is -0.585. The van der Waals surface area contributed by atoms with Crippen LogP contribution in [-0.2, 0) is 19.1 Å². The maximum absolute atomic E-state index is 12.8. The number of hydrazine groups is 1. The van der Waals surface area contributed by atoms with E-state index in [1.807, 2.05) is 0 Å². The Kier molecular flexibility index (Phi) is 6.50. The van der Waals surface area contributed by atoms with Crippen LogP contribution >= 0.6 is 0 Å². The molecule has 2 aromatic carbocycles. The number of benzene rings is 2. The Morgan fingerprint density at radius 1 is 0.914 bits per heavy atom. The zero-order valence-electron chi connectivity index (χ0n) is 19.2. The van der Waals surface area contributed by atoms with E-state index < -0.39 is 23.8 Å². The molecule has 35 heavy (non-hydrogen) atoms. The second-order valence-electron chi connectivity index (χ2n) is 7.91. The Morgan fingerprint density at radius 3 is 2.17 bits per heavy atom. The second-order valence-corrected chi connectivity index (χ2v) is 7.91. The van der Waals surface area contributed by atoms with Crippen molar-refractivity contribution < 1.29 is 33.1 Å². The molecule has 1 N–H and O–H groups in total. The number of hydrogen-bond donors (Lipinski definition) is 1. The molecule has 2 heterocycles. The third kappa shape index (κ3) is 4.98. The molecule has 1 aliphatic heterocycles. The van der Waals surface area contributed by atoms with E-state index in [9.17, 15) is 19.2 Å². The number of rotatable bonds is 6. The van der Waals surface area contributed by atoms with Crippen LogP contribution in [0.5, 0.6) is 0 Å². The van der Waals surface area contributed by atoms with Crippen molar-refractivity contribution in [2.24, 2.45) is 0 Å². The van der Waals surface area contributed by atoms with Crippen LogP contribution in [0.3, 0.4) is 0 Å². The lowest BCUT2D eigenvalue weighted by atomic mass is 10.1. The molecule has 0 radical (unpaired) electrons. The predicted molar refractivity (Wildman–Crippen MR) is 126 cm³/mol. The van der Waals surface area contributed by atoms with Gasteiger partial charge in [-0.3, -0.25) is 15.0 Å². The molecule has 1 aliphatic rings. The Labute approximate surface area is 200 Å². The zero-order valence-corrected chi connectivity index (χ0v) is 19.2. The number of carbonyl (C=O) groups is 4. The van der Waals surface area contributed by atoms with Crippen molar-refractivity contribution in [2.45, 2.75) is 20.0 Å². The number of ether oxygens (including phenoxy) is 2. The lowest BCUT2D eigenvalue weighted by molar-refractivity contribution is -0.117. The van der Waals surface area contributed by atoms with Crippen molar-refractivity contribution in [3.05, 3.63) is 83.1 Å². The third-order valence-electron chi connectivity index (χ3n) is 5.10. The van der Waals surface area contributed by atoms with E-state index in [0.717, 1.165) is 5.01 Å². The van der Waals surface area contributed by atoms with Gasteiger partial charge in [0, 0.05) is 5.56 Å².